The van der Waals surface area contributed by atoms with Gasteiger partial charge < -0.3 is 14.7 Å². The van der Waals surface area contributed by atoms with Gasteiger partial charge in [0.25, 0.3) is 0 Å². The summed E-state index contributed by atoms with van der Waals surface area (Å²) in [4.78, 5) is 16.3. The molecule has 0 atom stereocenters. The average molecular weight is 365 g/mol. The molecule has 0 radical (unpaired) electrons. The highest BCUT2D eigenvalue weighted by Gasteiger charge is 2.27. The van der Waals surface area contributed by atoms with Gasteiger partial charge in [-0.2, -0.15) is 0 Å². The molecule has 27 heavy (non-hydrogen) atoms. The summed E-state index contributed by atoms with van der Waals surface area (Å²) in [6.07, 6.45) is 8.24. The minimum atomic E-state index is 0.597. The topological polar surface area (TPSA) is 61.3 Å². The van der Waals surface area contributed by atoms with E-state index in [-0.39, 0.29) is 0 Å². The smallest absolute Gasteiger partial charge is 0.151 e. The Balaban J connectivity index is 1.20. The second-order valence-corrected chi connectivity index (χ2v) is 7.82. The van der Waals surface area contributed by atoms with E-state index in [0.29, 0.717) is 5.92 Å². The van der Waals surface area contributed by atoms with Crippen LogP contribution in [0.3, 0.4) is 0 Å². The molecule has 0 bridgehead atoms. The second kappa shape index (κ2) is 7.29. The van der Waals surface area contributed by atoms with E-state index in [1.54, 1.807) is 0 Å². The van der Waals surface area contributed by atoms with E-state index in [0.717, 1.165) is 62.5 Å². The maximum Gasteiger partial charge on any atom is 0.151 e. The van der Waals surface area contributed by atoms with Crippen LogP contribution in [0.4, 0.5) is 17.5 Å². The number of piperazine rings is 1. The monoisotopic (exact) mass is 365 g/mol. The fourth-order valence-corrected chi connectivity index (χ4v) is 4.02. The zero-order valence-corrected chi connectivity index (χ0v) is 15.8. The van der Waals surface area contributed by atoms with Gasteiger partial charge in [0.05, 0.1) is 0 Å². The van der Waals surface area contributed by atoms with Gasteiger partial charge in [-0.25, -0.2) is 9.97 Å². The third-order valence-electron chi connectivity index (χ3n) is 5.85. The van der Waals surface area contributed by atoms with E-state index in [2.05, 4.69) is 42.0 Å². The summed E-state index contributed by atoms with van der Waals surface area (Å²) >= 11 is 0. The Morgan fingerprint density at radius 2 is 1.26 bits per heavy atom. The van der Waals surface area contributed by atoms with Crippen LogP contribution in [0.1, 0.15) is 43.8 Å². The highest BCUT2D eigenvalue weighted by molar-refractivity contribution is 5.48. The van der Waals surface area contributed by atoms with Gasteiger partial charge in [0.15, 0.2) is 11.6 Å². The minimum absolute atomic E-state index is 0.597. The highest BCUT2D eigenvalue weighted by Crippen LogP contribution is 2.38. The Kier molecular flexibility index (Phi) is 4.51. The van der Waals surface area contributed by atoms with Crippen molar-refractivity contribution in [1.82, 2.24) is 20.2 Å². The number of piperidine rings is 1. The Labute approximate surface area is 160 Å². The van der Waals surface area contributed by atoms with E-state index < -0.39 is 0 Å². The molecule has 0 amide bonds. The molecule has 5 rings (SSSR count). The molecule has 7 nitrogen and oxygen atoms in total. The number of hydrogen-bond acceptors (Lipinski definition) is 7. The number of hydrogen-bond donors (Lipinski definition) is 0. The van der Waals surface area contributed by atoms with E-state index >= 15 is 0 Å². The molecule has 0 N–H and O–H groups in total. The quantitative estimate of drug-likeness (QED) is 0.825. The van der Waals surface area contributed by atoms with Crippen LogP contribution in [-0.4, -0.2) is 59.4 Å². The van der Waals surface area contributed by atoms with Gasteiger partial charge in [0, 0.05) is 51.4 Å². The first-order valence-corrected chi connectivity index (χ1v) is 10.3. The van der Waals surface area contributed by atoms with Crippen molar-refractivity contribution in [2.24, 2.45) is 0 Å². The van der Waals surface area contributed by atoms with Gasteiger partial charge in [0.2, 0.25) is 0 Å². The van der Waals surface area contributed by atoms with Crippen molar-refractivity contribution in [3.05, 3.63) is 30.2 Å². The molecule has 142 valence electrons. The Hall–Kier alpha value is -2.44. The first-order chi connectivity index (χ1) is 13.4. The van der Waals surface area contributed by atoms with Gasteiger partial charge in [-0.1, -0.05) is 0 Å². The lowest BCUT2D eigenvalue weighted by Crippen LogP contribution is -2.47. The maximum absolute atomic E-state index is 4.78. The van der Waals surface area contributed by atoms with E-state index in [1.807, 2.05) is 12.3 Å². The van der Waals surface area contributed by atoms with Gasteiger partial charge in [0.1, 0.15) is 11.6 Å². The Morgan fingerprint density at radius 1 is 0.667 bits per heavy atom. The van der Waals surface area contributed by atoms with E-state index in [1.165, 1.54) is 32.1 Å². The number of anilines is 3. The summed E-state index contributed by atoms with van der Waals surface area (Å²) in [5.74, 6) is 4.69. The van der Waals surface area contributed by atoms with Crippen molar-refractivity contribution in [1.29, 1.82) is 0 Å². The summed E-state index contributed by atoms with van der Waals surface area (Å²) < 4.78 is 0. The van der Waals surface area contributed by atoms with Crippen LogP contribution in [0.5, 0.6) is 0 Å². The predicted molar refractivity (Wildman–Crippen MR) is 107 cm³/mol. The molecule has 0 aromatic carbocycles. The molecule has 2 saturated heterocycles. The summed E-state index contributed by atoms with van der Waals surface area (Å²) in [5.41, 5.74) is 0. The van der Waals surface area contributed by atoms with Crippen LogP contribution in [0.2, 0.25) is 0 Å². The van der Waals surface area contributed by atoms with Crippen molar-refractivity contribution in [2.75, 3.05) is 54.0 Å². The van der Waals surface area contributed by atoms with E-state index in [4.69, 9.17) is 4.98 Å². The standard InChI is InChI=1S/C20H27N7/c1-2-10-25(11-3-1)18-6-7-19(24-23-18)27-14-12-26(13-15-27)17-8-9-21-20(22-17)16-4-5-16/h6-9,16H,1-5,10-15H2. The van der Waals surface area contributed by atoms with E-state index in [9.17, 15) is 0 Å². The predicted octanol–water partition coefficient (Wildman–Crippen LogP) is 2.46. The molecule has 2 aromatic rings. The fraction of sp³-hybridized carbons (Fsp3) is 0.600. The zero-order chi connectivity index (χ0) is 18.1. The first kappa shape index (κ1) is 16.7. The van der Waals surface area contributed by atoms with Crippen molar-refractivity contribution in [3.63, 3.8) is 0 Å². The summed E-state index contributed by atoms with van der Waals surface area (Å²) in [6.45, 7) is 6.01. The number of nitrogens with zero attached hydrogens (tertiary/aromatic N) is 7. The molecular formula is C20H27N7. The van der Waals surface area contributed by atoms with Crippen LogP contribution >= 0.6 is 0 Å². The molecule has 3 aliphatic rings. The van der Waals surface area contributed by atoms with Crippen LogP contribution in [0.15, 0.2) is 24.4 Å². The molecule has 1 saturated carbocycles. The molecule has 1 aliphatic carbocycles. The molecule has 4 heterocycles. The number of aromatic nitrogens is 4. The summed E-state index contributed by atoms with van der Waals surface area (Å²) in [6, 6.07) is 6.30. The van der Waals surface area contributed by atoms with Crippen LogP contribution < -0.4 is 14.7 Å². The first-order valence-electron chi connectivity index (χ1n) is 10.3. The van der Waals surface area contributed by atoms with Gasteiger partial charge >= 0.3 is 0 Å². The highest BCUT2D eigenvalue weighted by atomic mass is 15.3. The molecular weight excluding hydrogens is 338 g/mol. The lowest BCUT2D eigenvalue weighted by atomic mass is 10.1. The van der Waals surface area contributed by atoms with Crippen molar-refractivity contribution in [2.45, 2.75) is 38.0 Å². The average Bonchev–Trinajstić information content (AvgIpc) is 3.60. The molecule has 2 aromatic heterocycles. The largest absolute Gasteiger partial charge is 0.355 e. The lowest BCUT2D eigenvalue weighted by Gasteiger charge is -2.36. The van der Waals surface area contributed by atoms with Gasteiger partial charge in [-0.15, -0.1) is 10.2 Å². The van der Waals surface area contributed by atoms with Crippen LogP contribution in [-0.2, 0) is 0 Å². The molecule has 0 spiro atoms. The van der Waals surface area contributed by atoms with Crippen molar-refractivity contribution in [3.8, 4) is 0 Å². The summed E-state index contributed by atoms with van der Waals surface area (Å²) in [7, 11) is 0. The van der Waals surface area contributed by atoms with Crippen molar-refractivity contribution < 1.29 is 0 Å². The lowest BCUT2D eigenvalue weighted by molar-refractivity contribution is 0.570. The Bertz CT molecular complexity index is 760. The molecule has 2 aliphatic heterocycles. The van der Waals surface area contributed by atoms with Gasteiger partial charge in [-0.05, 0) is 50.3 Å². The fourth-order valence-electron chi connectivity index (χ4n) is 4.02. The van der Waals surface area contributed by atoms with Crippen LogP contribution in [0.25, 0.3) is 0 Å². The third-order valence-corrected chi connectivity index (χ3v) is 5.85. The molecule has 3 fully saturated rings. The van der Waals surface area contributed by atoms with Gasteiger partial charge in [-0.3, -0.25) is 0 Å². The third kappa shape index (κ3) is 3.68. The zero-order valence-electron chi connectivity index (χ0n) is 15.8. The second-order valence-electron chi connectivity index (χ2n) is 7.82. The Morgan fingerprint density at radius 3 is 1.85 bits per heavy atom. The SMILES string of the molecule is c1cc(N2CCN(c3ccc(N4CCCCC4)nn3)CC2)nc(C2CC2)n1. The van der Waals surface area contributed by atoms with Crippen molar-refractivity contribution >= 4 is 17.5 Å². The normalized spacial score (nSPS) is 20.8. The minimum Gasteiger partial charge on any atom is -0.355 e. The molecule has 0 unspecified atom stereocenters. The molecule has 7 heteroatoms. The maximum atomic E-state index is 4.78. The van der Waals surface area contributed by atoms with Crippen LogP contribution in [0, 0.1) is 0 Å². The number of rotatable bonds is 4. The summed E-state index contributed by atoms with van der Waals surface area (Å²) in [5, 5.41) is 9.00.